The molecule has 1 fully saturated rings. The Kier molecular flexibility index (Phi) is 6.71. The number of hydrogen-bond acceptors (Lipinski definition) is 4. The zero-order chi connectivity index (χ0) is 20.4. The minimum Gasteiger partial charge on any atom is -0.508 e. The van der Waals surface area contributed by atoms with Gasteiger partial charge >= 0.3 is 5.97 Å². The van der Waals surface area contributed by atoms with E-state index in [4.69, 9.17) is 10.2 Å². The Morgan fingerprint density at radius 2 is 2.04 bits per heavy atom. The second-order valence-corrected chi connectivity index (χ2v) is 8.36. The summed E-state index contributed by atoms with van der Waals surface area (Å²) in [5.74, 6) is -0.145. The summed E-state index contributed by atoms with van der Waals surface area (Å²) >= 11 is 0. The largest absolute Gasteiger partial charge is 0.508 e. The molecule has 1 aromatic rings. The maximum Gasteiger partial charge on any atom is 0.332 e. The maximum absolute atomic E-state index is 9.87. The first kappa shape index (κ1) is 21.5. The number of nitrogens with zero attached hydrogens (tertiary/aromatic N) is 1. The van der Waals surface area contributed by atoms with E-state index < -0.39 is 12.1 Å². The lowest BCUT2D eigenvalue weighted by Gasteiger charge is -2.54. The fourth-order valence-corrected chi connectivity index (χ4v) is 4.22. The monoisotopic (exact) mass is 375 g/mol. The van der Waals surface area contributed by atoms with Crippen LogP contribution in [0.3, 0.4) is 0 Å². The molecule has 1 aliphatic heterocycles. The van der Waals surface area contributed by atoms with Gasteiger partial charge in [-0.3, -0.25) is 4.90 Å². The third-order valence-corrected chi connectivity index (χ3v) is 6.20. The molecule has 2 aliphatic rings. The molecule has 1 unspecified atom stereocenters. The number of phenolic OH excluding ortho intramolecular Hbond substituents is 1. The van der Waals surface area contributed by atoms with E-state index in [1.165, 1.54) is 30.0 Å². The van der Waals surface area contributed by atoms with E-state index in [9.17, 15) is 9.90 Å². The second-order valence-electron chi connectivity index (χ2n) is 8.36. The number of fused-ring (bicyclic) bond motifs is 4. The standard InChI is InChI=1S/C19H27NO.C3H6O3/c1-13(2)7-9-20-10-8-19(4)14(3)18(20)11-15-5-6-16(21)12-17(15)19;1-2(4)3(5)6/h5-7,12,14,18,21H,8-11H2,1-4H3;2,4H,1H3,(H,5,6)/t14-,18+,19+;/m0./s1. The number of carbonyl (C=O) groups is 1. The lowest BCUT2D eigenvalue weighted by atomic mass is 9.59. The predicted molar refractivity (Wildman–Crippen MR) is 107 cm³/mol. The number of hydrogen-bond donors (Lipinski definition) is 3. The highest BCUT2D eigenvalue weighted by Crippen LogP contribution is 2.49. The van der Waals surface area contributed by atoms with Crippen LogP contribution >= 0.6 is 0 Å². The number of aromatic hydroxyl groups is 1. The molecule has 4 atom stereocenters. The van der Waals surface area contributed by atoms with Crippen molar-refractivity contribution in [2.75, 3.05) is 13.1 Å². The van der Waals surface area contributed by atoms with Crippen LogP contribution in [0.2, 0.25) is 0 Å². The smallest absolute Gasteiger partial charge is 0.332 e. The first-order valence-corrected chi connectivity index (χ1v) is 9.67. The number of rotatable bonds is 3. The number of phenols is 1. The summed E-state index contributed by atoms with van der Waals surface area (Å²) in [5, 5.41) is 25.6. The fourth-order valence-electron chi connectivity index (χ4n) is 4.22. The quantitative estimate of drug-likeness (QED) is 0.706. The molecule has 27 heavy (non-hydrogen) atoms. The van der Waals surface area contributed by atoms with Gasteiger partial charge in [-0.1, -0.05) is 31.6 Å². The summed E-state index contributed by atoms with van der Waals surface area (Å²) < 4.78 is 0. The number of carboxylic acid groups (broad SMARTS) is 1. The highest BCUT2D eigenvalue weighted by Gasteiger charge is 2.48. The molecular weight excluding hydrogens is 342 g/mol. The van der Waals surface area contributed by atoms with Crippen molar-refractivity contribution in [3.8, 4) is 5.75 Å². The molecule has 1 saturated heterocycles. The minimum atomic E-state index is -1.23. The first-order chi connectivity index (χ1) is 12.6. The number of carboxylic acids is 1. The number of allylic oxidation sites excluding steroid dienone is 1. The van der Waals surface area contributed by atoms with Gasteiger partial charge in [0.25, 0.3) is 0 Å². The van der Waals surface area contributed by atoms with Gasteiger partial charge in [0.15, 0.2) is 0 Å². The number of likely N-dealkylation sites (tertiary alicyclic amines) is 1. The van der Waals surface area contributed by atoms with Crippen LogP contribution in [0.25, 0.3) is 0 Å². The molecule has 3 rings (SSSR count). The van der Waals surface area contributed by atoms with Gasteiger partial charge in [0.05, 0.1) is 0 Å². The molecular formula is C22H33NO4. The van der Waals surface area contributed by atoms with Crippen molar-refractivity contribution in [3.05, 3.63) is 41.0 Å². The Morgan fingerprint density at radius 1 is 1.41 bits per heavy atom. The van der Waals surface area contributed by atoms with Crippen molar-refractivity contribution in [2.45, 2.75) is 65.0 Å². The normalized spacial score (nSPS) is 27.6. The van der Waals surface area contributed by atoms with Gasteiger partial charge in [0.2, 0.25) is 0 Å². The van der Waals surface area contributed by atoms with E-state index in [1.54, 1.807) is 0 Å². The highest BCUT2D eigenvalue weighted by molar-refractivity contribution is 5.71. The van der Waals surface area contributed by atoms with Crippen LogP contribution in [0.4, 0.5) is 0 Å². The molecule has 150 valence electrons. The Hall–Kier alpha value is -1.85. The summed E-state index contributed by atoms with van der Waals surface area (Å²) in [6, 6.07) is 6.60. The molecule has 5 heteroatoms. The molecule has 3 N–H and O–H groups in total. The van der Waals surface area contributed by atoms with E-state index in [2.05, 4.69) is 44.7 Å². The Bertz CT molecular complexity index is 708. The van der Waals surface area contributed by atoms with Crippen LogP contribution in [0.1, 0.15) is 52.2 Å². The van der Waals surface area contributed by atoms with Crippen molar-refractivity contribution < 1.29 is 20.1 Å². The maximum atomic E-state index is 9.87. The summed E-state index contributed by atoms with van der Waals surface area (Å²) in [5.41, 5.74) is 4.42. The van der Waals surface area contributed by atoms with Gasteiger partial charge in [0, 0.05) is 12.6 Å². The third kappa shape index (κ3) is 4.71. The number of aliphatic hydroxyl groups excluding tert-OH is 1. The number of benzene rings is 1. The van der Waals surface area contributed by atoms with Crippen LogP contribution in [-0.4, -0.2) is 51.4 Å². The van der Waals surface area contributed by atoms with Crippen LogP contribution in [0.5, 0.6) is 5.75 Å². The summed E-state index contributed by atoms with van der Waals surface area (Å²) in [6.07, 6.45) is 3.41. The van der Waals surface area contributed by atoms with Crippen LogP contribution < -0.4 is 0 Å². The van der Waals surface area contributed by atoms with Crippen LogP contribution in [0.15, 0.2) is 29.8 Å². The lowest BCUT2D eigenvalue weighted by molar-refractivity contribution is -0.145. The lowest BCUT2D eigenvalue weighted by Crippen LogP contribution is -2.57. The zero-order valence-electron chi connectivity index (χ0n) is 17.1. The van der Waals surface area contributed by atoms with Crippen LogP contribution in [0, 0.1) is 5.92 Å². The van der Waals surface area contributed by atoms with E-state index in [-0.39, 0.29) is 5.41 Å². The molecule has 1 aromatic carbocycles. The number of piperidine rings is 1. The van der Waals surface area contributed by atoms with Gasteiger partial charge in [-0.15, -0.1) is 0 Å². The van der Waals surface area contributed by atoms with Gasteiger partial charge in [-0.2, -0.15) is 0 Å². The topological polar surface area (TPSA) is 81.0 Å². The Morgan fingerprint density at radius 3 is 2.59 bits per heavy atom. The summed E-state index contributed by atoms with van der Waals surface area (Å²) in [6.45, 7) is 12.6. The van der Waals surface area contributed by atoms with Crippen molar-refractivity contribution in [2.24, 2.45) is 5.92 Å². The van der Waals surface area contributed by atoms with Gasteiger partial charge in [0.1, 0.15) is 11.9 Å². The fraction of sp³-hybridized carbons (Fsp3) is 0.591. The van der Waals surface area contributed by atoms with Crippen molar-refractivity contribution >= 4 is 5.97 Å². The van der Waals surface area contributed by atoms with Gasteiger partial charge in [-0.05, 0) is 74.8 Å². The molecule has 1 heterocycles. The van der Waals surface area contributed by atoms with Crippen molar-refractivity contribution in [3.63, 3.8) is 0 Å². The molecule has 0 radical (unpaired) electrons. The van der Waals surface area contributed by atoms with E-state index >= 15 is 0 Å². The molecule has 0 aromatic heterocycles. The minimum absolute atomic E-state index is 0.207. The summed E-state index contributed by atoms with van der Waals surface area (Å²) in [4.78, 5) is 12.1. The van der Waals surface area contributed by atoms with Gasteiger partial charge < -0.3 is 15.3 Å². The molecule has 1 aliphatic carbocycles. The SMILES string of the molecule is CC(C)=CCN1CC[C@@]2(C)c3cc(O)ccc3C[C@@H]1[C@@H]2C.CC(O)C(=O)O. The second kappa shape index (κ2) is 8.44. The van der Waals surface area contributed by atoms with Crippen LogP contribution in [-0.2, 0) is 16.6 Å². The molecule has 2 bridgehead atoms. The van der Waals surface area contributed by atoms with E-state index in [1.807, 2.05) is 12.1 Å². The predicted octanol–water partition coefficient (Wildman–Crippen LogP) is 3.33. The average Bonchev–Trinajstić information content (AvgIpc) is 2.58. The number of aliphatic hydroxyl groups is 1. The molecule has 5 nitrogen and oxygen atoms in total. The Labute approximate surface area is 162 Å². The van der Waals surface area contributed by atoms with E-state index in [0.717, 1.165) is 19.5 Å². The van der Waals surface area contributed by atoms with Crippen molar-refractivity contribution in [1.29, 1.82) is 0 Å². The summed E-state index contributed by atoms with van der Waals surface area (Å²) in [7, 11) is 0. The third-order valence-electron chi connectivity index (χ3n) is 6.20. The van der Waals surface area contributed by atoms with Crippen molar-refractivity contribution in [1.82, 2.24) is 4.90 Å². The molecule has 0 spiro atoms. The molecule has 0 amide bonds. The van der Waals surface area contributed by atoms with Gasteiger partial charge in [-0.25, -0.2) is 4.79 Å². The highest BCUT2D eigenvalue weighted by atomic mass is 16.4. The molecule has 0 saturated carbocycles. The van der Waals surface area contributed by atoms with E-state index in [0.29, 0.717) is 17.7 Å². The Balaban J connectivity index is 0.000000380. The average molecular weight is 376 g/mol. The number of aliphatic carboxylic acids is 1. The first-order valence-electron chi connectivity index (χ1n) is 9.67. The zero-order valence-corrected chi connectivity index (χ0v) is 17.1.